The maximum atomic E-state index is 5.48. The summed E-state index contributed by atoms with van der Waals surface area (Å²) in [5, 5.41) is 0. The molecule has 0 radical (unpaired) electrons. The molecule has 0 aliphatic rings. The zero-order valence-electron chi connectivity index (χ0n) is 11.0. The Morgan fingerprint density at radius 3 is 2.40 bits per heavy atom. The maximum absolute atomic E-state index is 5.48. The third-order valence-electron chi connectivity index (χ3n) is 2.51. The monoisotopic (exact) mass is 210 g/mol. The Bertz CT molecular complexity index is 209. The lowest BCUT2D eigenvalue weighted by atomic mass is 9.94. The largest absolute Gasteiger partial charge is 0.366 e. The lowest BCUT2D eigenvalue weighted by Crippen LogP contribution is -2.27. The number of hydrogen-bond acceptors (Lipinski definition) is 1. The summed E-state index contributed by atoms with van der Waals surface area (Å²) < 4.78 is 5.48. The molecule has 0 rings (SSSR count). The number of methoxy groups -OCH3 is 1. The normalized spacial score (nSPS) is 14.5. The third-order valence-corrected chi connectivity index (χ3v) is 2.51. The lowest BCUT2D eigenvalue weighted by molar-refractivity contribution is 0.0395. The summed E-state index contributed by atoms with van der Waals surface area (Å²) in [5.74, 6) is 7.13. The van der Waals surface area contributed by atoms with Crippen molar-refractivity contribution < 1.29 is 4.74 Å². The van der Waals surface area contributed by atoms with Crippen LogP contribution in [0.2, 0.25) is 0 Å². The van der Waals surface area contributed by atoms with Crippen LogP contribution in [0.4, 0.5) is 0 Å². The van der Waals surface area contributed by atoms with Crippen molar-refractivity contribution in [2.24, 2.45) is 5.92 Å². The van der Waals surface area contributed by atoms with Gasteiger partial charge in [-0.3, -0.25) is 0 Å². The van der Waals surface area contributed by atoms with Gasteiger partial charge in [-0.05, 0) is 25.7 Å². The Hall–Kier alpha value is -0.480. The van der Waals surface area contributed by atoms with Crippen molar-refractivity contribution in [3.8, 4) is 11.8 Å². The minimum absolute atomic E-state index is 0.250. The number of hydrogen-bond donors (Lipinski definition) is 0. The molecular weight excluding hydrogens is 184 g/mol. The van der Waals surface area contributed by atoms with Gasteiger partial charge in [0.1, 0.15) is 5.60 Å². The van der Waals surface area contributed by atoms with Gasteiger partial charge < -0.3 is 4.74 Å². The van der Waals surface area contributed by atoms with E-state index in [9.17, 15) is 0 Å². The predicted octanol–water partition coefficient (Wildman–Crippen LogP) is 4.02. The van der Waals surface area contributed by atoms with Crippen LogP contribution < -0.4 is 0 Å². The molecule has 0 bridgehead atoms. The Morgan fingerprint density at radius 2 is 1.93 bits per heavy atom. The highest BCUT2D eigenvalue weighted by Gasteiger charge is 2.21. The average molecular weight is 210 g/mol. The summed E-state index contributed by atoms with van der Waals surface area (Å²) in [7, 11) is 1.75. The topological polar surface area (TPSA) is 9.23 Å². The van der Waals surface area contributed by atoms with E-state index in [1.807, 2.05) is 0 Å². The fraction of sp³-hybridized carbons (Fsp3) is 0.857. The van der Waals surface area contributed by atoms with Crippen LogP contribution in [-0.4, -0.2) is 12.7 Å². The summed E-state index contributed by atoms with van der Waals surface area (Å²) in [6, 6.07) is 0. The van der Waals surface area contributed by atoms with Crippen molar-refractivity contribution in [2.45, 2.75) is 65.4 Å². The molecular formula is C14H26O. The molecule has 0 aromatic carbocycles. The molecule has 0 aliphatic heterocycles. The zero-order valence-corrected chi connectivity index (χ0v) is 11.0. The van der Waals surface area contributed by atoms with Gasteiger partial charge >= 0.3 is 0 Å². The summed E-state index contributed by atoms with van der Waals surface area (Å²) in [4.78, 5) is 0. The van der Waals surface area contributed by atoms with Crippen molar-refractivity contribution in [1.29, 1.82) is 0 Å². The highest BCUT2D eigenvalue weighted by molar-refractivity contribution is 5.12. The van der Waals surface area contributed by atoms with Crippen LogP contribution in [0.3, 0.4) is 0 Å². The second kappa shape index (κ2) is 7.77. The summed E-state index contributed by atoms with van der Waals surface area (Å²) in [6.45, 7) is 8.71. The molecule has 1 atom stereocenters. The van der Waals surface area contributed by atoms with Crippen molar-refractivity contribution in [2.75, 3.05) is 7.11 Å². The van der Waals surface area contributed by atoms with Gasteiger partial charge in [-0.25, -0.2) is 0 Å². The van der Waals surface area contributed by atoms with Crippen LogP contribution in [0.25, 0.3) is 0 Å². The van der Waals surface area contributed by atoms with Gasteiger partial charge in [-0.15, -0.1) is 5.92 Å². The van der Waals surface area contributed by atoms with Gasteiger partial charge in [0, 0.05) is 13.5 Å². The van der Waals surface area contributed by atoms with Crippen LogP contribution >= 0.6 is 0 Å². The fourth-order valence-corrected chi connectivity index (χ4v) is 1.68. The molecule has 0 aliphatic carbocycles. The first kappa shape index (κ1) is 14.5. The van der Waals surface area contributed by atoms with Gasteiger partial charge in [-0.2, -0.15) is 0 Å². The Labute approximate surface area is 95.6 Å². The van der Waals surface area contributed by atoms with Crippen LogP contribution in [-0.2, 0) is 4.74 Å². The molecule has 0 fully saturated rings. The molecule has 0 amide bonds. The fourth-order valence-electron chi connectivity index (χ4n) is 1.68. The average Bonchev–Trinajstić information content (AvgIpc) is 2.16. The van der Waals surface area contributed by atoms with Crippen LogP contribution in [0.1, 0.15) is 59.8 Å². The molecule has 0 saturated carbocycles. The summed E-state index contributed by atoms with van der Waals surface area (Å²) in [6.07, 6.45) is 5.76. The van der Waals surface area contributed by atoms with E-state index < -0.39 is 0 Å². The van der Waals surface area contributed by atoms with Crippen LogP contribution in [0, 0.1) is 17.8 Å². The predicted molar refractivity (Wildman–Crippen MR) is 66.8 cm³/mol. The van der Waals surface area contributed by atoms with Crippen molar-refractivity contribution in [3.05, 3.63) is 0 Å². The molecule has 88 valence electrons. The van der Waals surface area contributed by atoms with Crippen LogP contribution in [0.5, 0.6) is 0 Å². The van der Waals surface area contributed by atoms with Crippen molar-refractivity contribution in [1.82, 2.24) is 0 Å². The van der Waals surface area contributed by atoms with Crippen molar-refractivity contribution >= 4 is 0 Å². The van der Waals surface area contributed by atoms with E-state index in [0.717, 1.165) is 12.8 Å². The molecule has 0 spiro atoms. The zero-order chi connectivity index (χ0) is 11.7. The molecule has 1 unspecified atom stereocenters. The molecule has 0 heterocycles. The van der Waals surface area contributed by atoms with E-state index in [1.54, 1.807) is 7.11 Å². The van der Waals surface area contributed by atoms with Gasteiger partial charge in [0.2, 0.25) is 0 Å². The highest BCUT2D eigenvalue weighted by atomic mass is 16.5. The standard InChI is InChI=1S/C14H26O/c1-6-7-8-9-10-11-14(4,15-5)12-13(2)3/h13H,6-9,12H2,1-5H3. The summed E-state index contributed by atoms with van der Waals surface area (Å²) in [5.41, 5.74) is -0.250. The van der Waals surface area contributed by atoms with Gasteiger partial charge in [0.15, 0.2) is 0 Å². The molecule has 15 heavy (non-hydrogen) atoms. The van der Waals surface area contributed by atoms with Gasteiger partial charge in [-0.1, -0.05) is 39.5 Å². The smallest absolute Gasteiger partial charge is 0.125 e. The Kier molecular flexibility index (Phi) is 7.52. The minimum atomic E-state index is -0.250. The number of unbranched alkanes of at least 4 members (excludes halogenated alkanes) is 3. The molecule has 0 N–H and O–H groups in total. The third kappa shape index (κ3) is 7.45. The molecule has 0 aromatic rings. The maximum Gasteiger partial charge on any atom is 0.125 e. The Balaban J connectivity index is 4.05. The van der Waals surface area contributed by atoms with E-state index >= 15 is 0 Å². The minimum Gasteiger partial charge on any atom is -0.366 e. The van der Waals surface area contributed by atoms with E-state index in [-0.39, 0.29) is 5.60 Å². The number of ether oxygens (including phenoxy) is 1. The van der Waals surface area contributed by atoms with Crippen molar-refractivity contribution in [3.63, 3.8) is 0 Å². The molecule has 1 heteroatoms. The molecule has 0 saturated heterocycles. The van der Waals surface area contributed by atoms with E-state index in [0.29, 0.717) is 5.92 Å². The summed E-state index contributed by atoms with van der Waals surface area (Å²) >= 11 is 0. The second-order valence-corrected chi connectivity index (χ2v) is 4.79. The first-order chi connectivity index (χ1) is 7.04. The first-order valence-electron chi connectivity index (χ1n) is 6.09. The van der Waals surface area contributed by atoms with E-state index in [2.05, 4.69) is 39.5 Å². The number of rotatable bonds is 6. The highest BCUT2D eigenvalue weighted by Crippen LogP contribution is 2.19. The van der Waals surface area contributed by atoms with E-state index in [4.69, 9.17) is 4.74 Å². The molecule has 1 nitrogen and oxygen atoms in total. The molecule has 0 aromatic heterocycles. The second-order valence-electron chi connectivity index (χ2n) is 4.79. The Morgan fingerprint density at radius 1 is 1.27 bits per heavy atom. The first-order valence-corrected chi connectivity index (χ1v) is 6.09. The van der Waals surface area contributed by atoms with Gasteiger partial charge in [0.05, 0.1) is 0 Å². The van der Waals surface area contributed by atoms with Gasteiger partial charge in [0.25, 0.3) is 0 Å². The lowest BCUT2D eigenvalue weighted by Gasteiger charge is -2.23. The SMILES string of the molecule is CCCCCC#CC(C)(CC(C)C)OC. The van der Waals surface area contributed by atoms with E-state index in [1.165, 1.54) is 19.3 Å². The quantitative estimate of drug-likeness (QED) is 0.475. The van der Waals surface area contributed by atoms with Crippen LogP contribution in [0.15, 0.2) is 0 Å².